The van der Waals surface area contributed by atoms with Crippen molar-refractivity contribution in [2.24, 2.45) is 0 Å². The number of carbonyl (C=O) groups is 1. The molecule has 5 nitrogen and oxygen atoms in total. The van der Waals surface area contributed by atoms with Crippen LogP contribution in [0, 0.1) is 0 Å². The Morgan fingerprint density at radius 3 is 2.65 bits per heavy atom. The number of aromatic nitrogens is 1. The minimum Gasteiger partial charge on any atom is -0.465 e. The van der Waals surface area contributed by atoms with Crippen molar-refractivity contribution in [3.63, 3.8) is 0 Å². The van der Waals surface area contributed by atoms with Crippen LogP contribution in [0.4, 0.5) is 25.8 Å². The summed E-state index contributed by atoms with van der Waals surface area (Å²) in [7, 11) is 1.33. The Morgan fingerprint density at radius 2 is 1.90 bits per heavy atom. The van der Waals surface area contributed by atoms with E-state index >= 15 is 0 Å². The van der Waals surface area contributed by atoms with Crippen LogP contribution in [0.5, 0.6) is 0 Å². The second-order valence-electron chi connectivity index (χ2n) is 7.65. The number of halogens is 3. The summed E-state index contributed by atoms with van der Waals surface area (Å²) >= 11 is 6.24. The van der Waals surface area contributed by atoms with Crippen molar-refractivity contribution in [1.82, 2.24) is 4.98 Å². The Labute approximate surface area is 183 Å². The molecular weight excluding hydrogens is 424 g/mol. The summed E-state index contributed by atoms with van der Waals surface area (Å²) in [5.41, 5.74) is 2.97. The molecule has 162 valence electrons. The number of alkyl halides is 2. The minimum atomic E-state index is -2.60. The number of fused-ring (bicyclic) bond motifs is 1. The van der Waals surface area contributed by atoms with Gasteiger partial charge in [0.2, 0.25) is 5.92 Å². The molecule has 0 spiro atoms. The average molecular weight is 446 g/mol. The Kier molecular flexibility index (Phi) is 5.96. The number of para-hydroxylation sites is 1. The van der Waals surface area contributed by atoms with E-state index in [1.165, 1.54) is 7.11 Å². The molecular formula is C23H22ClF2N3O2. The summed E-state index contributed by atoms with van der Waals surface area (Å²) in [5, 5.41) is 7.97. The third-order valence-corrected chi connectivity index (χ3v) is 5.73. The summed E-state index contributed by atoms with van der Waals surface area (Å²) < 4.78 is 32.1. The molecule has 0 aliphatic heterocycles. The van der Waals surface area contributed by atoms with Crippen LogP contribution in [-0.2, 0) is 4.74 Å². The van der Waals surface area contributed by atoms with Gasteiger partial charge in [-0.2, -0.15) is 0 Å². The van der Waals surface area contributed by atoms with E-state index < -0.39 is 11.9 Å². The molecule has 1 saturated carbocycles. The molecule has 0 bridgehead atoms. The molecule has 0 radical (unpaired) electrons. The number of pyridine rings is 1. The standard InChI is InChI=1S/C23H22ClF2N3O2/c1-31-22(30)16-4-2-3-5-19(16)29-21-17-12-14(24)6-7-18(17)27-13-20(21)28-15-8-10-23(25,26)11-9-15/h2-7,12-13,15,28H,8-11H2,1H3,(H,27,29). The lowest BCUT2D eigenvalue weighted by atomic mass is 9.92. The molecule has 1 aromatic heterocycles. The number of benzene rings is 2. The first-order valence-electron chi connectivity index (χ1n) is 10.0. The summed E-state index contributed by atoms with van der Waals surface area (Å²) in [5.74, 6) is -3.07. The van der Waals surface area contributed by atoms with Crippen LogP contribution in [0.15, 0.2) is 48.7 Å². The third-order valence-electron chi connectivity index (χ3n) is 5.50. The summed E-state index contributed by atoms with van der Waals surface area (Å²) in [4.78, 5) is 16.7. The lowest BCUT2D eigenvalue weighted by Crippen LogP contribution is -2.32. The summed E-state index contributed by atoms with van der Waals surface area (Å²) in [6, 6.07) is 12.2. The third kappa shape index (κ3) is 4.71. The van der Waals surface area contributed by atoms with Gasteiger partial charge < -0.3 is 15.4 Å². The maximum absolute atomic E-state index is 13.6. The van der Waals surface area contributed by atoms with Crippen LogP contribution < -0.4 is 10.6 Å². The zero-order chi connectivity index (χ0) is 22.0. The first-order valence-corrected chi connectivity index (χ1v) is 10.4. The highest BCUT2D eigenvalue weighted by molar-refractivity contribution is 6.31. The largest absolute Gasteiger partial charge is 0.465 e. The van der Waals surface area contributed by atoms with Crippen LogP contribution in [0.1, 0.15) is 36.0 Å². The van der Waals surface area contributed by atoms with Crippen LogP contribution in [0.25, 0.3) is 10.9 Å². The maximum Gasteiger partial charge on any atom is 0.339 e. The molecule has 1 fully saturated rings. The Balaban J connectivity index is 1.74. The number of carbonyl (C=O) groups excluding carboxylic acids is 1. The molecule has 1 aliphatic carbocycles. The van der Waals surface area contributed by atoms with Crippen LogP contribution in [0.3, 0.4) is 0 Å². The van der Waals surface area contributed by atoms with E-state index in [9.17, 15) is 13.6 Å². The van der Waals surface area contributed by atoms with Gasteiger partial charge in [-0.1, -0.05) is 23.7 Å². The summed E-state index contributed by atoms with van der Waals surface area (Å²) in [6.45, 7) is 0. The number of hydrogen-bond acceptors (Lipinski definition) is 5. The first-order chi connectivity index (χ1) is 14.9. The molecule has 3 aromatic rings. The number of esters is 1. The number of hydrogen-bond donors (Lipinski definition) is 2. The minimum absolute atomic E-state index is 0.102. The highest BCUT2D eigenvalue weighted by Gasteiger charge is 2.35. The molecule has 0 atom stereocenters. The van der Waals surface area contributed by atoms with Gasteiger partial charge in [-0.05, 0) is 43.2 Å². The molecule has 0 amide bonds. The van der Waals surface area contributed by atoms with Gasteiger partial charge in [0.1, 0.15) is 0 Å². The van der Waals surface area contributed by atoms with Gasteiger partial charge in [0.05, 0.1) is 41.4 Å². The van der Waals surface area contributed by atoms with Gasteiger partial charge in [0.25, 0.3) is 0 Å². The fourth-order valence-corrected chi connectivity index (χ4v) is 4.00. The predicted molar refractivity (Wildman–Crippen MR) is 119 cm³/mol. The quantitative estimate of drug-likeness (QED) is 0.444. The van der Waals surface area contributed by atoms with E-state index in [-0.39, 0.29) is 18.9 Å². The smallest absolute Gasteiger partial charge is 0.339 e. The number of rotatable bonds is 5. The van der Waals surface area contributed by atoms with Gasteiger partial charge in [-0.15, -0.1) is 0 Å². The molecule has 1 aliphatic rings. The van der Waals surface area contributed by atoms with E-state index in [2.05, 4.69) is 15.6 Å². The Bertz CT molecular complexity index is 1110. The molecule has 0 unspecified atom stereocenters. The van der Waals surface area contributed by atoms with Crippen LogP contribution in [0.2, 0.25) is 5.02 Å². The zero-order valence-corrected chi connectivity index (χ0v) is 17.7. The topological polar surface area (TPSA) is 63.2 Å². The molecule has 4 rings (SSSR count). The maximum atomic E-state index is 13.6. The molecule has 8 heteroatoms. The summed E-state index contributed by atoms with van der Waals surface area (Å²) in [6.07, 6.45) is 2.10. The number of nitrogens with zero attached hydrogens (tertiary/aromatic N) is 1. The van der Waals surface area contributed by atoms with Gasteiger partial charge in [-0.25, -0.2) is 13.6 Å². The van der Waals surface area contributed by atoms with E-state index in [0.717, 1.165) is 5.39 Å². The van der Waals surface area contributed by atoms with E-state index in [1.807, 2.05) is 0 Å². The second-order valence-corrected chi connectivity index (χ2v) is 8.08. The van der Waals surface area contributed by atoms with Crippen molar-refractivity contribution in [2.45, 2.75) is 37.6 Å². The Hall–Kier alpha value is -2.93. The average Bonchev–Trinajstić information content (AvgIpc) is 2.76. The van der Waals surface area contributed by atoms with E-state index in [0.29, 0.717) is 46.0 Å². The monoisotopic (exact) mass is 445 g/mol. The first kappa shape index (κ1) is 21.3. The van der Waals surface area contributed by atoms with E-state index in [1.54, 1.807) is 48.7 Å². The van der Waals surface area contributed by atoms with Gasteiger partial charge >= 0.3 is 5.97 Å². The number of nitrogens with one attached hydrogen (secondary N) is 2. The molecule has 1 heterocycles. The van der Waals surface area contributed by atoms with Crippen molar-refractivity contribution in [1.29, 1.82) is 0 Å². The number of methoxy groups -OCH3 is 1. The predicted octanol–water partition coefficient (Wildman–Crippen LogP) is 6.41. The SMILES string of the molecule is COC(=O)c1ccccc1Nc1c(NC2CCC(F)(F)CC2)cnc2ccc(Cl)cc12. The molecule has 31 heavy (non-hydrogen) atoms. The lowest BCUT2D eigenvalue weighted by Gasteiger charge is -2.30. The fourth-order valence-electron chi connectivity index (χ4n) is 3.83. The van der Waals surface area contributed by atoms with Crippen molar-refractivity contribution >= 4 is 45.5 Å². The van der Waals surface area contributed by atoms with Gasteiger partial charge in [0.15, 0.2) is 0 Å². The highest BCUT2D eigenvalue weighted by atomic mass is 35.5. The fraction of sp³-hybridized carbons (Fsp3) is 0.304. The van der Waals surface area contributed by atoms with Crippen LogP contribution >= 0.6 is 11.6 Å². The number of ether oxygens (including phenoxy) is 1. The lowest BCUT2D eigenvalue weighted by molar-refractivity contribution is -0.0360. The van der Waals surface area contributed by atoms with Crippen molar-refractivity contribution < 1.29 is 18.3 Å². The van der Waals surface area contributed by atoms with Crippen LogP contribution in [-0.4, -0.2) is 30.0 Å². The molecule has 2 N–H and O–H groups in total. The highest BCUT2D eigenvalue weighted by Crippen LogP contribution is 2.38. The normalized spacial score (nSPS) is 16.1. The molecule has 2 aromatic carbocycles. The zero-order valence-electron chi connectivity index (χ0n) is 16.9. The van der Waals surface area contributed by atoms with Gasteiger partial charge in [0, 0.05) is 29.3 Å². The molecule has 0 saturated heterocycles. The number of anilines is 3. The van der Waals surface area contributed by atoms with Crippen molar-refractivity contribution in [3.05, 3.63) is 59.2 Å². The second kappa shape index (κ2) is 8.67. The Morgan fingerprint density at radius 1 is 1.16 bits per heavy atom. The van der Waals surface area contributed by atoms with Crippen molar-refractivity contribution in [2.75, 3.05) is 17.7 Å². The van der Waals surface area contributed by atoms with Gasteiger partial charge in [-0.3, -0.25) is 4.98 Å². The van der Waals surface area contributed by atoms with Crippen molar-refractivity contribution in [3.8, 4) is 0 Å². The van der Waals surface area contributed by atoms with E-state index in [4.69, 9.17) is 16.3 Å².